The maximum absolute atomic E-state index is 11.1. The number of hydrogen-bond donors (Lipinski definition) is 2. The molecule has 0 aliphatic carbocycles. The summed E-state index contributed by atoms with van der Waals surface area (Å²) in [5.41, 5.74) is 0.802. The molecule has 18 heavy (non-hydrogen) atoms. The van der Waals surface area contributed by atoms with Crippen LogP contribution in [0, 0.1) is 5.92 Å². The van der Waals surface area contributed by atoms with Gasteiger partial charge in [0.1, 0.15) is 6.04 Å². The van der Waals surface area contributed by atoms with Gasteiger partial charge in [0.25, 0.3) is 0 Å². The maximum Gasteiger partial charge on any atom is 0.320 e. The lowest BCUT2D eigenvalue weighted by Crippen LogP contribution is -2.42. The second-order valence-electron chi connectivity index (χ2n) is 4.61. The highest BCUT2D eigenvalue weighted by Crippen LogP contribution is 2.26. The lowest BCUT2D eigenvalue weighted by Gasteiger charge is -2.24. The Morgan fingerprint density at radius 2 is 1.89 bits per heavy atom. The van der Waals surface area contributed by atoms with Crippen molar-refractivity contribution in [2.24, 2.45) is 5.92 Å². The van der Waals surface area contributed by atoms with Crippen LogP contribution >= 0.6 is 23.2 Å². The Balaban J connectivity index is 2.90. The van der Waals surface area contributed by atoms with Gasteiger partial charge in [-0.1, -0.05) is 37.0 Å². The van der Waals surface area contributed by atoms with Crippen molar-refractivity contribution < 1.29 is 9.90 Å². The smallest absolute Gasteiger partial charge is 0.320 e. The molecule has 0 amide bonds. The zero-order chi connectivity index (χ0) is 13.9. The lowest BCUT2D eigenvalue weighted by molar-refractivity contribution is -0.140. The number of nitrogens with one attached hydrogen (secondary N) is 1. The summed E-state index contributed by atoms with van der Waals surface area (Å²) in [4.78, 5) is 11.1. The predicted octanol–water partition coefficient (Wildman–Crippen LogP) is 3.75. The van der Waals surface area contributed by atoms with E-state index in [9.17, 15) is 4.79 Å². The van der Waals surface area contributed by atoms with E-state index in [1.165, 1.54) is 0 Å². The van der Waals surface area contributed by atoms with Crippen LogP contribution in [0.4, 0.5) is 0 Å². The minimum atomic E-state index is -0.866. The molecule has 100 valence electrons. The molecule has 2 unspecified atom stereocenters. The van der Waals surface area contributed by atoms with Crippen molar-refractivity contribution >= 4 is 29.2 Å². The van der Waals surface area contributed by atoms with E-state index >= 15 is 0 Å². The Hall–Kier alpha value is -0.770. The van der Waals surface area contributed by atoms with Crippen molar-refractivity contribution in [1.29, 1.82) is 0 Å². The molecule has 3 nitrogen and oxygen atoms in total. The second kappa shape index (κ2) is 6.41. The summed E-state index contributed by atoms with van der Waals surface area (Å²) < 4.78 is 0. The Morgan fingerprint density at radius 3 is 2.39 bits per heavy atom. The molecule has 0 aromatic heterocycles. The first kappa shape index (κ1) is 15.3. The summed E-state index contributed by atoms with van der Waals surface area (Å²) in [5, 5.41) is 13.4. The van der Waals surface area contributed by atoms with Crippen LogP contribution in [0.3, 0.4) is 0 Å². The van der Waals surface area contributed by atoms with Crippen LogP contribution in [0.25, 0.3) is 0 Å². The van der Waals surface area contributed by atoms with Crippen LogP contribution in [0.1, 0.15) is 32.4 Å². The molecule has 0 spiro atoms. The second-order valence-corrected chi connectivity index (χ2v) is 5.46. The first-order valence-corrected chi connectivity index (χ1v) is 6.52. The topological polar surface area (TPSA) is 49.3 Å². The van der Waals surface area contributed by atoms with Crippen molar-refractivity contribution in [3.63, 3.8) is 0 Å². The van der Waals surface area contributed by atoms with Crippen molar-refractivity contribution in [3.8, 4) is 0 Å². The normalized spacial score (nSPS) is 14.6. The highest BCUT2D eigenvalue weighted by molar-refractivity contribution is 6.33. The fraction of sp³-hybridized carbons (Fsp3) is 0.462. The molecule has 0 aliphatic rings. The minimum absolute atomic E-state index is 0.0112. The van der Waals surface area contributed by atoms with Gasteiger partial charge in [0, 0.05) is 16.1 Å². The van der Waals surface area contributed by atoms with Crippen LogP contribution in [0.2, 0.25) is 10.0 Å². The molecule has 0 saturated carbocycles. The molecule has 0 bridgehead atoms. The van der Waals surface area contributed by atoms with E-state index in [0.29, 0.717) is 10.0 Å². The van der Waals surface area contributed by atoms with E-state index in [4.69, 9.17) is 28.3 Å². The van der Waals surface area contributed by atoms with Gasteiger partial charge in [-0.25, -0.2) is 0 Å². The van der Waals surface area contributed by atoms with Crippen LogP contribution < -0.4 is 5.32 Å². The van der Waals surface area contributed by atoms with Gasteiger partial charge in [0.15, 0.2) is 0 Å². The highest BCUT2D eigenvalue weighted by atomic mass is 35.5. The number of carboxylic acids is 1. The van der Waals surface area contributed by atoms with Crippen molar-refractivity contribution in [2.75, 3.05) is 0 Å². The summed E-state index contributed by atoms with van der Waals surface area (Å²) in [6.45, 7) is 5.59. The number of carboxylic acid groups (broad SMARTS) is 1. The maximum atomic E-state index is 11.1. The molecular weight excluding hydrogens is 273 g/mol. The molecule has 0 radical (unpaired) electrons. The first-order valence-electron chi connectivity index (χ1n) is 5.76. The van der Waals surface area contributed by atoms with E-state index in [1.54, 1.807) is 18.2 Å². The SMILES string of the molecule is CC(NC(C(=O)O)C(C)C)c1cc(Cl)ccc1Cl. The van der Waals surface area contributed by atoms with Crippen LogP contribution in [-0.2, 0) is 4.79 Å². The van der Waals surface area contributed by atoms with Crippen LogP contribution in [0.15, 0.2) is 18.2 Å². The molecule has 5 heteroatoms. The highest BCUT2D eigenvalue weighted by Gasteiger charge is 2.24. The zero-order valence-electron chi connectivity index (χ0n) is 10.6. The number of hydrogen-bond acceptors (Lipinski definition) is 2. The number of benzene rings is 1. The van der Waals surface area contributed by atoms with E-state index in [0.717, 1.165) is 5.56 Å². The van der Waals surface area contributed by atoms with Crippen LogP contribution in [-0.4, -0.2) is 17.1 Å². The third kappa shape index (κ3) is 3.87. The van der Waals surface area contributed by atoms with Crippen molar-refractivity contribution in [3.05, 3.63) is 33.8 Å². The van der Waals surface area contributed by atoms with Gasteiger partial charge in [0.2, 0.25) is 0 Å². The van der Waals surface area contributed by atoms with Gasteiger partial charge in [-0.3, -0.25) is 10.1 Å². The zero-order valence-corrected chi connectivity index (χ0v) is 12.1. The third-order valence-corrected chi connectivity index (χ3v) is 3.37. The molecular formula is C13H17Cl2NO2. The summed E-state index contributed by atoms with van der Waals surface area (Å²) in [7, 11) is 0. The molecule has 2 N–H and O–H groups in total. The molecule has 2 atom stereocenters. The molecule has 0 saturated heterocycles. The van der Waals surface area contributed by atoms with Gasteiger partial charge in [-0.15, -0.1) is 0 Å². The molecule has 1 rings (SSSR count). The lowest BCUT2D eigenvalue weighted by atomic mass is 10.0. The van der Waals surface area contributed by atoms with E-state index in [-0.39, 0.29) is 12.0 Å². The average molecular weight is 290 g/mol. The number of rotatable bonds is 5. The van der Waals surface area contributed by atoms with Crippen molar-refractivity contribution in [2.45, 2.75) is 32.9 Å². The first-order chi connectivity index (χ1) is 8.32. The minimum Gasteiger partial charge on any atom is -0.480 e. The summed E-state index contributed by atoms with van der Waals surface area (Å²) in [5.74, 6) is -0.877. The Labute approximate surface area is 117 Å². The van der Waals surface area contributed by atoms with E-state index in [2.05, 4.69) is 5.32 Å². The monoisotopic (exact) mass is 289 g/mol. The molecule has 0 fully saturated rings. The molecule has 0 heterocycles. The summed E-state index contributed by atoms with van der Waals surface area (Å²) in [6, 6.07) is 4.37. The number of aliphatic carboxylic acids is 1. The summed E-state index contributed by atoms with van der Waals surface area (Å²) in [6.07, 6.45) is 0. The molecule has 0 aliphatic heterocycles. The quantitative estimate of drug-likeness (QED) is 0.868. The number of carbonyl (C=O) groups is 1. The Morgan fingerprint density at radius 1 is 1.28 bits per heavy atom. The van der Waals surface area contributed by atoms with Gasteiger partial charge >= 0.3 is 5.97 Å². The van der Waals surface area contributed by atoms with Gasteiger partial charge in [-0.2, -0.15) is 0 Å². The Kier molecular flexibility index (Phi) is 5.45. The fourth-order valence-corrected chi connectivity index (χ4v) is 2.22. The van der Waals surface area contributed by atoms with Gasteiger partial charge in [0.05, 0.1) is 0 Å². The Bertz CT molecular complexity index is 435. The number of halogens is 2. The molecule has 1 aromatic carbocycles. The predicted molar refractivity (Wildman–Crippen MR) is 74.3 cm³/mol. The largest absolute Gasteiger partial charge is 0.480 e. The summed E-state index contributed by atoms with van der Waals surface area (Å²) >= 11 is 12.0. The van der Waals surface area contributed by atoms with Gasteiger partial charge < -0.3 is 5.11 Å². The van der Waals surface area contributed by atoms with Crippen LogP contribution in [0.5, 0.6) is 0 Å². The van der Waals surface area contributed by atoms with Gasteiger partial charge in [-0.05, 0) is 36.6 Å². The average Bonchev–Trinajstić information content (AvgIpc) is 2.28. The van der Waals surface area contributed by atoms with Crippen molar-refractivity contribution in [1.82, 2.24) is 5.32 Å². The fourth-order valence-electron chi connectivity index (χ4n) is 1.75. The van der Waals surface area contributed by atoms with E-state index in [1.807, 2.05) is 20.8 Å². The molecule has 1 aromatic rings. The third-order valence-electron chi connectivity index (χ3n) is 2.79. The standard InChI is InChI=1S/C13H17Cl2NO2/c1-7(2)12(13(17)18)16-8(3)10-6-9(14)4-5-11(10)15/h4-8,12,16H,1-3H3,(H,17,18). The van der Waals surface area contributed by atoms with E-state index < -0.39 is 12.0 Å².